The molecule has 0 atom stereocenters. The van der Waals surface area contributed by atoms with E-state index < -0.39 is 16.8 Å². The fourth-order valence-electron chi connectivity index (χ4n) is 2.84. The second kappa shape index (κ2) is 9.02. The van der Waals surface area contributed by atoms with Crippen molar-refractivity contribution < 1.29 is 29.1 Å². The van der Waals surface area contributed by atoms with Crippen molar-refractivity contribution in [2.24, 2.45) is 0 Å². The molecule has 31 heavy (non-hydrogen) atoms. The number of benzene rings is 2. The molecular formula is C19H15N3O7S2. The van der Waals surface area contributed by atoms with Crippen LogP contribution in [0.4, 0.5) is 11.4 Å². The van der Waals surface area contributed by atoms with Gasteiger partial charge in [-0.05, 0) is 36.0 Å². The number of hydrazine groups is 1. The van der Waals surface area contributed by atoms with Gasteiger partial charge < -0.3 is 14.6 Å². The number of hydrogen-bond acceptors (Lipinski definition) is 9. The lowest BCUT2D eigenvalue weighted by atomic mass is 10.0. The molecule has 10 nitrogen and oxygen atoms in total. The Morgan fingerprint density at radius 2 is 1.97 bits per heavy atom. The van der Waals surface area contributed by atoms with Crippen LogP contribution < -0.4 is 14.9 Å². The van der Waals surface area contributed by atoms with Gasteiger partial charge in [-0.25, -0.2) is 9.80 Å². The first-order valence-corrected chi connectivity index (χ1v) is 9.77. The molecule has 0 bridgehead atoms. The smallest absolute Gasteiger partial charge is 0.340 e. The van der Waals surface area contributed by atoms with Gasteiger partial charge in [0.1, 0.15) is 11.3 Å². The molecule has 160 valence electrons. The maximum atomic E-state index is 12.9. The summed E-state index contributed by atoms with van der Waals surface area (Å²) >= 11 is 6.15. The fraction of sp³-hybridized carbons (Fsp3) is 0.105. The van der Waals surface area contributed by atoms with Crippen molar-refractivity contribution in [2.75, 3.05) is 19.6 Å². The number of thioether (sulfide) groups is 1. The quantitative estimate of drug-likeness (QED) is 0.273. The van der Waals surface area contributed by atoms with Crippen molar-refractivity contribution in [2.45, 2.75) is 0 Å². The van der Waals surface area contributed by atoms with Gasteiger partial charge in [-0.2, -0.15) is 0 Å². The number of nitro groups is 1. The van der Waals surface area contributed by atoms with Crippen LogP contribution in [0.25, 0.3) is 6.08 Å². The number of thiocarbonyl (C=S) groups is 1. The molecule has 0 aromatic heterocycles. The Kier molecular flexibility index (Phi) is 6.42. The van der Waals surface area contributed by atoms with E-state index in [-0.39, 0.29) is 43.2 Å². The van der Waals surface area contributed by atoms with Gasteiger partial charge in [-0.15, -0.1) is 0 Å². The van der Waals surface area contributed by atoms with Crippen LogP contribution in [0.1, 0.15) is 15.9 Å². The van der Waals surface area contributed by atoms with Gasteiger partial charge >= 0.3 is 5.97 Å². The van der Waals surface area contributed by atoms with Crippen LogP contribution in [0.15, 0.2) is 41.3 Å². The molecule has 2 aromatic rings. The summed E-state index contributed by atoms with van der Waals surface area (Å²) in [7, 11) is 2.69. The Labute approximate surface area is 185 Å². The first-order valence-electron chi connectivity index (χ1n) is 8.54. The highest BCUT2D eigenvalue weighted by Crippen LogP contribution is 2.38. The summed E-state index contributed by atoms with van der Waals surface area (Å²) in [5.41, 5.74) is 2.54. The minimum absolute atomic E-state index is 0.0114. The number of ether oxygens (including phenoxy) is 2. The highest BCUT2D eigenvalue weighted by molar-refractivity contribution is 8.26. The maximum Gasteiger partial charge on any atom is 0.340 e. The van der Waals surface area contributed by atoms with E-state index in [0.29, 0.717) is 0 Å². The number of carbonyl (C=O) groups is 2. The third-order valence-electron chi connectivity index (χ3n) is 4.21. The Hall–Kier alpha value is -3.64. The summed E-state index contributed by atoms with van der Waals surface area (Å²) in [6.45, 7) is 0. The van der Waals surface area contributed by atoms with Crippen LogP contribution in [-0.4, -0.2) is 45.5 Å². The third kappa shape index (κ3) is 4.29. The molecule has 0 radical (unpaired) electrons. The number of nitrogens with zero attached hydrogens (tertiary/aromatic N) is 2. The number of methoxy groups -OCH3 is 2. The van der Waals surface area contributed by atoms with Crippen LogP contribution >= 0.6 is 24.0 Å². The number of carbonyl (C=O) groups excluding carboxylic acids is 1. The Bertz CT molecular complexity index is 1130. The highest BCUT2D eigenvalue weighted by atomic mass is 32.2. The minimum Gasteiger partial charge on any atom is -0.493 e. The second-order valence-corrected chi connectivity index (χ2v) is 7.65. The van der Waals surface area contributed by atoms with Gasteiger partial charge in [0.2, 0.25) is 0 Å². The van der Waals surface area contributed by atoms with Crippen molar-refractivity contribution in [3.05, 3.63) is 62.5 Å². The standard InChI is InChI=1S/C19H15N3O7S2/c1-28-13-8-7-10(15(18(24)25)16(13)29-2)9-14-17(23)21(19(30)31-14)20-11-5-3-4-6-12(11)22(26)27/h3-9,20H,1-2H3,(H,24,25)/b14-9+. The molecular weight excluding hydrogens is 446 g/mol. The van der Waals surface area contributed by atoms with Gasteiger partial charge in [-0.3, -0.25) is 20.3 Å². The average Bonchev–Trinajstić information content (AvgIpc) is 3.00. The lowest BCUT2D eigenvalue weighted by Crippen LogP contribution is -2.34. The van der Waals surface area contributed by atoms with Crippen molar-refractivity contribution in [3.63, 3.8) is 0 Å². The topological polar surface area (TPSA) is 131 Å². The van der Waals surface area contributed by atoms with E-state index in [9.17, 15) is 24.8 Å². The van der Waals surface area contributed by atoms with Crippen LogP contribution in [-0.2, 0) is 4.79 Å². The SMILES string of the molecule is COc1ccc(/C=C2/SC(=S)N(Nc3ccccc3[N+](=O)[O-])C2=O)c(C(=O)O)c1OC. The number of aromatic carboxylic acids is 1. The zero-order chi connectivity index (χ0) is 22.7. The van der Waals surface area contributed by atoms with Crippen LogP contribution in [0, 0.1) is 10.1 Å². The predicted octanol–water partition coefficient (Wildman–Crippen LogP) is 3.54. The molecule has 0 spiro atoms. The molecule has 1 aliphatic heterocycles. The van der Waals surface area contributed by atoms with E-state index >= 15 is 0 Å². The molecule has 12 heteroatoms. The maximum absolute atomic E-state index is 12.9. The number of para-hydroxylation sites is 2. The number of nitrogens with one attached hydrogen (secondary N) is 1. The molecule has 0 saturated carbocycles. The van der Waals surface area contributed by atoms with E-state index in [1.165, 1.54) is 50.6 Å². The zero-order valence-electron chi connectivity index (χ0n) is 16.1. The summed E-state index contributed by atoms with van der Waals surface area (Å²) in [6, 6.07) is 8.80. The molecule has 1 aliphatic rings. The van der Waals surface area contributed by atoms with Gasteiger partial charge in [0.25, 0.3) is 11.6 Å². The summed E-state index contributed by atoms with van der Waals surface area (Å²) < 4.78 is 10.4. The monoisotopic (exact) mass is 461 g/mol. The van der Waals surface area contributed by atoms with E-state index in [4.69, 9.17) is 21.7 Å². The first-order chi connectivity index (χ1) is 14.8. The summed E-state index contributed by atoms with van der Waals surface area (Å²) in [4.78, 5) is 35.5. The molecule has 1 heterocycles. The summed E-state index contributed by atoms with van der Waals surface area (Å²) in [5.74, 6) is -1.62. The van der Waals surface area contributed by atoms with E-state index in [1.54, 1.807) is 6.07 Å². The molecule has 1 saturated heterocycles. The van der Waals surface area contributed by atoms with Crippen LogP contribution in [0.3, 0.4) is 0 Å². The third-order valence-corrected chi connectivity index (χ3v) is 5.51. The molecule has 0 unspecified atom stereocenters. The molecule has 1 fully saturated rings. The largest absolute Gasteiger partial charge is 0.493 e. The van der Waals surface area contributed by atoms with Crippen molar-refractivity contribution in [3.8, 4) is 11.5 Å². The van der Waals surface area contributed by atoms with Crippen molar-refractivity contribution in [1.29, 1.82) is 0 Å². The highest BCUT2D eigenvalue weighted by Gasteiger charge is 2.34. The van der Waals surface area contributed by atoms with E-state index in [0.717, 1.165) is 16.8 Å². The Morgan fingerprint density at radius 3 is 2.58 bits per heavy atom. The number of amides is 1. The fourth-order valence-corrected chi connectivity index (χ4v) is 4.01. The van der Waals surface area contributed by atoms with Crippen molar-refractivity contribution >= 4 is 57.6 Å². The first kappa shape index (κ1) is 22.1. The van der Waals surface area contributed by atoms with Crippen molar-refractivity contribution in [1.82, 2.24) is 5.01 Å². The molecule has 2 N–H and O–H groups in total. The van der Waals surface area contributed by atoms with Crippen LogP contribution in [0.5, 0.6) is 11.5 Å². The number of carboxylic acid groups (broad SMARTS) is 1. The lowest BCUT2D eigenvalue weighted by molar-refractivity contribution is -0.384. The lowest BCUT2D eigenvalue weighted by Gasteiger charge is -2.16. The van der Waals surface area contributed by atoms with Crippen LogP contribution in [0.2, 0.25) is 0 Å². The van der Waals surface area contributed by atoms with Gasteiger partial charge in [0.05, 0.1) is 24.0 Å². The summed E-state index contributed by atoms with van der Waals surface area (Å²) in [6.07, 6.45) is 1.37. The van der Waals surface area contributed by atoms with Gasteiger partial charge in [0, 0.05) is 6.07 Å². The molecule has 3 rings (SSSR count). The molecule has 1 amide bonds. The average molecular weight is 461 g/mol. The molecule has 2 aromatic carbocycles. The number of nitro benzene ring substituents is 1. The minimum atomic E-state index is -1.27. The van der Waals surface area contributed by atoms with Gasteiger partial charge in [-0.1, -0.05) is 30.0 Å². The summed E-state index contributed by atoms with van der Waals surface area (Å²) in [5, 5.41) is 21.9. The number of rotatable bonds is 7. The number of carboxylic acids is 1. The van der Waals surface area contributed by atoms with Gasteiger partial charge in [0.15, 0.2) is 15.8 Å². The number of hydrogen-bond donors (Lipinski definition) is 2. The molecule has 0 aliphatic carbocycles. The predicted molar refractivity (Wildman–Crippen MR) is 118 cm³/mol. The second-order valence-electron chi connectivity index (χ2n) is 5.97. The normalized spacial score (nSPS) is 14.6. The Morgan fingerprint density at radius 1 is 1.26 bits per heavy atom. The van der Waals surface area contributed by atoms with E-state index in [1.807, 2.05) is 0 Å². The van der Waals surface area contributed by atoms with E-state index in [2.05, 4.69) is 5.43 Å². The Balaban J connectivity index is 1.98. The zero-order valence-corrected chi connectivity index (χ0v) is 17.8. The number of anilines is 1.